The van der Waals surface area contributed by atoms with Gasteiger partial charge < -0.3 is 14.5 Å². The summed E-state index contributed by atoms with van der Waals surface area (Å²) in [6.07, 6.45) is 0. The molecule has 2 aliphatic rings. The van der Waals surface area contributed by atoms with Gasteiger partial charge in [-0.2, -0.15) is 4.98 Å². The van der Waals surface area contributed by atoms with E-state index in [0.717, 1.165) is 4.88 Å². The van der Waals surface area contributed by atoms with Crippen LogP contribution < -0.4 is 0 Å². The van der Waals surface area contributed by atoms with Crippen molar-refractivity contribution in [1.29, 1.82) is 0 Å². The van der Waals surface area contributed by atoms with Gasteiger partial charge in [0.15, 0.2) is 5.82 Å². The molecule has 0 radical (unpaired) electrons. The summed E-state index contributed by atoms with van der Waals surface area (Å²) in [6.45, 7) is 6.88. The van der Waals surface area contributed by atoms with E-state index in [2.05, 4.69) is 15.0 Å². The summed E-state index contributed by atoms with van der Waals surface area (Å²) in [5.41, 5.74) is -0.455. The topological polar surface area (TPSA) is 99.8 Å². The van der Waals surface area contributed by atoms with Gasteiger partial charge in [-0.1, -0.05) is 25.1 Å². The molecule has 2 aromatic heterocycles. The van der Waals surface area contributed by atoms with Crippen LogP contribution in [-0.4, -0.2) is 63.1 Å². The highest BCUT2D eigenvalue weighted by atomic mass is 32.1. The van der Waals surface area contributed by atoms with Crippen LogP contribution in [0.15, 0.2) is 22.0 Å². The molecule has 4 rings (SSSR count). The van der Waals surface area contributed by atoms with Gasteiger partial charge in [0.2, 0.25) is 5.91 Å². The van der Waals surface area contributed by atoms with Crippen molar-refractivity contribution in [2.45, 2.75) is 20.4 Å². The highest BCUT2D eigenvalue weighted by Gasteiger charge is 2.66. The van der Waals surface area contributed by atoms with Gasteiger partial charge in [0.05, 0.1) is 23.3 Å². The number of nitrogens with zero attached hydrogens (tertiary/aromatic N) is 4. The molecule has 1 N–H and O–H groups in total. The molecule has 144 valence electrons. The zero-order valence-corrected chi connectivity index (χ0v) is 16.1. The molecule has 0 aromatic carbocycles. The first-order chi connectivity index (χ1) is 12.9. The molecule has 27 heavy (non-hydrogen) atoms. The van der Waals surface area contributed by atoms with E-state index in [1.165, 1.54) is 0 Å². The second kappa shape index (κ2) is 6.72. The summed E-state index contributed by atoms with van der Waals surface area (Å²) in [5.74, 6) is -0.732. The Labute approximate surface area is 160 Å². The lowest BCUT2D eigenvalue weighted by molar-refractivity contribution is -0.142. The zero-order valence-electron chi connectivity index (χ0n) is 15.3. The quantitative estimate of drug-likeness (QED) is 0.831. The summed E-state index contributed by atoms with van der Waals surface area (Å²) >= 11 is 1.55. The highest BCUT2D eigenvalue weighted by molar-refractivity contribution is 7.13. The molecule has 1 aliphatic heterocycles. The summed E-state index contributed by atoms with van der Waals surface area (Å²) in [4.78, 5) is 33.4. The van der Waals surface area contributed by atoms with Crippen molar-refractivity contribution in [2.75, 3.05) is 26.2 Å². The van der Waals surface area contributed by atoms with Crippen molar-refractivity contribution in [1.82, 2.24) is 19.9 Å². The van der Waals surface area contributed by atoms with Crippen LogP contribution >= 0.6 is 11.3 Å². The van der Waals surface area contributed by atoms with Gasteiger partial charge in [0, 0.05) is 26.2 Å². The fraction of sp³-hybridized carbons (Fsp3) is 0.556. The smallest absolute Gasteiger partial charge is 0.307 e. The Kier molecular flexibility index (Phi) is 4.51. The number of aliphatic carboxylic acids is 1. The van der Waals surface area contributed by atoms with Gasteiger partial charge in [-0.25, -0.2) is 0 Å². The zero-order chi connectivity index (χ0) is 19.2. The number of piperazine rings is 1. The van der Waals surface area contributed by atoms with Crippen LogP contribution in [-0.2, 0) is 16.1 Å². The molecule has 2 fully saturated rings. The third-order valence-corrected chi connectivity index (χ3v) is 6.47. The lowest BCUT2D eigenvalue weighted by Crippen LogP contribution is -2.49. The third kappa shape index (κ3) is 3.37. The first-order valence-corrected chi connectivity index (χ1v) is 9.86. The highest BCUT2D eigenvalue weighted by Crippen LogP contribution is 2.59. The van der Waals surface area contributed by atoms with Crippen molar-refractivity contribution in [3.63, 3.8) is 0 Å². The summed E-state index contributed by atoms with van der Waals surface area (Å²) in [7, 11) is 0. The van der Waals surface area contributed by atoms with Crippen LogP contribution in [0, 0.1) is 17.3 Å². The summed E-state index contributed by atoms with van der Waals surface area (Å²) < 4.78 is 5.31. The van der Waals surface area contributed by atoms with Gasteiger partial charge in [0.25, 0.3) is 5.89 Å². The number of aromatic nitrogens is 2. The number of carboxylic acid groups (broad SMARTS) is 1. The second-order valence-corrected chi connectivity index (χ2v) is 8.66. The second-order valence-electron chi connectivity index (χ2n) is 7.71. The average Bonchev–Trinajstić information content (AvgIpc) is 3.07. The van der Waals surface area contributed by atoms with Crippen molar-refractivity contribution in [3.8, 4) is 10.8 Å². The number of rotatable bonds is 5. The third-order valence-electron chi connectivity index (χ3n) is 5.61. The maximum Gasteiger partial charge on any atom is 0.307 e. The van der Waals surface area contributed by atoms with E-state index in [-0.39, 0.29) is 5.91 Å². The molecule has 1 saturated carbocycles. The van der Waals surface area contributed by atoms with Crippen molar-refractivity contribution in [3.05, 3.63) is 23.3 Å². The van der Waals surface area contributed by atoms with Crippen LogP contribution in [0.25, 0.3) is 10.8 Å². The van der Waals surface area contributed by atoms with Crippen LogP contribution in [0.4, 0.5) is 0 Å². The Balaban J connectivity index is 1.31. The summed E-state index contributed by atoms with van der Waals surface area (Å²) in [5, 5.41) is 15.3. The maximum absolute atomic E-state index is 12.7. The van der Waals surface area contributed by atoms with Crippen molar-refractivity contribution in [2.24, 2.45) is 17.3 Å². The van der Waals surface area contributed by atoms with Gasteiger partial charge in [-0.05, 0) is 16.9 Å². The van der Waals surface area contributed by atoms with Gasteiger partial charge in [-0.3, -0.25) is 14.5 Å². The lowest BCUT2D eigenvalue weighted by atomic mass is 10.1. The van der Waals surface area contributed by atoms with Gasteiger partial charge >= 0.3 is 5.97 Å². The molecule has 1 amide bonds. The van der Waals surface area contributed by atoms with Crippen molar-refractivity contribution >= 4 is 23.2 Å². The fourth-order valence-corrected chi connectivity index (χ4v) is 4.55. The molecule has 3 heterocycles. The number of thiophene rings is 1. The van der Waals surface area contributed by atoms with E-state index >= 15 is 0 Å². The minimum Gasteiger partial charge on any atom is -0.481 e. The molecular formula is C18H22N4O4S. The normalized spacial score (nSPS) is 24.7. The molecule has 2 atom stereocenters. The summed E-state index contributed by atoms with van der Waals surface area (Å²) in [6, 6.07) is 3.88. The van der Waals surface area contributed by atoms with Gasteiger partial charge in [0.1, 0.15) is 0 Å². The fourth-order valence-electron chi connectivity index (χ4n) is 3.90. The predicted molar refractivity (Wildman–Crippen MR) is 97.9 cm³/mol. The SMILES string of the molecule is CC1(C)[C@H](C(=O)O)[C@@H]1C(=O)N1CCN(Cc2noc(-c3cccs3)n2)CC1. The van der Waals surface area contributed by atoms with E-state index in [1.807, 2.05) is 31.4 Å². The molecule has 9 heteroatoms. The molecule has 0 bridgehead atoms. The van der Waals surface area contributed by atoms with Crippen LogP contribution in [0.3, 0.4) is 0 Å². The predicted octanol–water partition coefficient (Wildman–Crippen LogP) is 1.80. The Morgan fingerprint density at radius 3 is 2.63 bits per heavy atom. The largest absolute Gasteiger partial charge is 0.481 e. The minimum absolute atomic E-state index is 0.0356. The number of carbonyl (C=O) groups is 2. The Morgan fingerprint density at radius 2 is 2.04 bits per heavy atom. The van der Waals surface area contributed by atoms with Gasteiger partial charge in [-0.15, -0.1) is 11.3 Å². The van der Waals surface area contributed by atoms with E-state index in [1.54, 1.807) is 16.2 Å². The standard InChI is InChI=1S/C18H22N4O4S/c1-18(2)13(14(18)17(24)25)16(23)22-7-5-21(6-8-22)10-12-19-15(26-20-12)11-4-3-9-27-11/h3-4,9,13-14H,5-8,10H2,1-2H3,(H,24,25)/t13-,14+/m1/s1. The lowest BCUT2D eigenvalue weighted by Gasteiger charge is -2.34. The van der Waals surface area contributed by atoms with Crippen LogP contribution in [0.1, 0.15) is 19.7 Å². The first-order valence-electron chi connectivity index (χ1n) is 8.98. The van der Waals surface area contributed by atoms with E-state index in [0.29, 0.717) is 44.4 Å². The molecule has 1 saturated heterocycles. The Bertz CT molecular complexity index is 839. The van der Waals surface area contributed by atoms with E-state index < -0.39 is 23.2 Å². The van der Waals surface area contributed by atoms with Crippen LogP contribution in [0.5, 0.6) is 0 Å². The molecule has 2 aromatic rings. The minimum atomic E-state index is -0.879. The Hall–Kier alpha value is -2.26. The monoisotopic (exact) mass is 390 g/mol. The number of carbonyl (C=O) groups excluding carboxylic acids is 1. The van der Waals surface area contributed by atoms with E-state index in [9.17, 15) is 14.7 Å². The number of amides is 1. The molecule has 8 nitrogen and oxygen atoms in total. The van der Waals surface area contributed by atoms with Crippen molar-refractivity contribution < 1.29 is 19.2 Å². The molecule has 1 aliphatic carbocycles. The Morgan fingerprint density at radius 1 is 1.30 bits per heavy atom. The number of carboxylic acids is 1. The van der Waals surface area contributed by atoms with Crippen LogP contribution in [0.2, 0.25) is 0 Å². The number of hydrogen-bond donors (Lipinski definition) is 1. The average molecular weight is 390 g/mol. The molecule has 0 unspecified atom stereocenters. The molecule has 0 spiro atoms. The molecular weight excluding hydrogens is 368 g/mol. The number of hydrogen-bond acceptors (Lipinski definition) is 7. The van der Waals surface area contributed by atoms with E-state index in [4.69, 9.17) is 4.52 Å². The maximum atomic E-state index is 12.7. The first kappa shape index (κ1) is 18.1.